The van der Waals surface area contributed by atoms with Crippen LogP contribution in [-0.4, -0.2) is 31.4 Å². The largest absolute Gasteiger partial charge is 0.506 e. The molecule has 0 radical (unpaired) electrons. The summed E-state index contributed by atoms with van der Waals surface area (Å²) in [5.41, 5.74) is 1.23. The summed E-state index contributed by atoms with van der Waals surface area (Å²) >= 11 is 1.34. The van der Waals surface area contributed by atoms with E-state index in [1.54, 1.807) is 12.1 Å². The number of rotatable bonds is 5. The number of aliphatic hydroxyl groups excluding tert-OH is 1. The van der Waals surface area contributed by atoms with E-state index >= 15 is 0 Å². The third-order valence-corrected chi connectivity index (χ3v) is 4.85. The Morgan fingerprint density at radius 1 is 1.08 bits per heavy atom. The van der Waals surface area contributed by atoms with Crippen molar-refractivity contribution in [2.45, 2.75) is 0 Å². The van der Waals surface area contributed by atoms with Crippen LogP contribution in [0.4, 0.5) is 0 Å². The Kier molecular flexibility index (Phi) is 4.96. The predicted molar refractivity (Wildman–Crippen MR) is 101 cm³/mol. The fourth-order valence-corrected chi connectivity index (χ4v) is 3.50. The van der Waals surface area contributed by atoms with Crippen molar-refractivity contribution in [2.75, 3.05) is 21.3 Å². The van der Waals surface area contributed by atoms with Crippen LogP contribution < -0.4 is 14.2 Å². The number of ether oxygens (including phenoxy) is 3. The highest BCUT2D eigenvalue weighted by Gasteiger charge is 2.19. The summed E-state index contributed by atoms with van der Waals surface area (Å²) in [7, 11) is 4.47. The van der Waals surface area contributed by atoms with Crippen molar-refractivity contribution < 1.29 is 19.3 Å². The van der Waals surface area contributed by atoms with Gasteiger partial charge < -0.3 is 19.3 Å². The van der Waals surface area contributed by atoms with E-state index in [4.69, 9.17) is 14.2 Å². The zero-order valence-electron chi connectivity index (χ0n) is 14.4. The van der Waals surface area contributed by atoms with Crippen LogP contribution in [0.1, 0.15) is 10.6 Å². The second-order valence-electron chi connectivity index (χ2n) is 5.24. The molecule has 6 nitrogen and oxygen atoms in total. The molecular formula is C19H16N2O4S. The van der Waals surface area contributed by atoms with Gasteiger partial charge in [-0.1, -0.05) is 12.1 Å². The number of fused-ring (bicyclic) bond motifs is 1. The normalized spacial score (nSPS) is 11.6. The molecule has 0 fully saturated rings. The van der Waals surface area contributed by atoms with Crippen molar-refractivity contribution in [3.63, 3.8) is 0 Å². The van der Waals surface area contributed by atoms with E-state index in [0.29, 0.717) is 27.8 Å². The van der Waals surface area contributed by atoms with Gasteiger partial charge in [0.25, 0.3) is 0 Å². The number of para-hydroxylation sites is 1. The molecule has 0 spiro atoms. The summed E-state index contributed by atoms with van der Waals surface area (Å²) in [5, 5.41) is 20.8. The number of hydrogen-bond donors (Lipinski definition) is 1. The maximum atomic E-state index is 10.7. The number of aliphatic hydroxyl groups is 1. The van der Waals surface area contributed by atoms with Crippen LogP contribution in [0.3, 0.4) is 0 Å². The predicted octanol–water partition coefficient (Wildman–Crippen LogP) is 4.27. The Morgan fingerprint density at radius 2 is 1.73 bits per heavy atom. The summed E-state index contributed by atoms with van der Waals surface area (Å²) in [5.74, 6) is 0.973. The molecule has 1 N–H and O–H groups in total. The molecular weight excluding hydrogens is 352 g/mol. The van der Waals surface area contributed by atoms with E-state index in [-0.39, 0.29) is 11.3 Å². The van der Waals surface area contributed by atoms with Crippen LogP contribution in [-0.2, 0) is 0 Å². The Hall–Kier alpha value is -3.24. The zero-order chi connectivity index (χ0) is 18.7. The number of hydrogen-bond acceptors (Lipinski definition) is 7. The van der Waals surface area contributed by atoms with Gasteiger partial charge in [-0.15, -0.1) is 11.3 Å². The minimum Gasteiger partial charge on any atom is -0.506 e. The van der Waals surface area contributed by atoms with Crippen LogP contribution in [0.25, 0.3) is 21.5 Å². The maximum absolute atomic E-state index is 10.7. The molecule has 0 atom stereocenters. The standard InChI is InChI=1S/C19H16N2O4S/c1-23-14-8-11(9-15(24-2)18(14)25-3)17(22)12(10-20)19-21-13-6-4-5-7-16(13)26-19/h4-9,22H,1-3H3/b17-12-. The molecule has 0 unspecified atom stereocenters. The Labute approximate surface area is 154 Å². The van der Waals surface area contributed by atoms with Crippen LogP contribution in [0.2, 0.25) is 0 Å². The fraction of sp³-hybridized carbons (Fsp3) is 0.158. The average molecular weight is 368 g/mol. The molecule has 2 aromatic carbocycles. The third-order valence-electron chi connectivity index (χ3n) is 3.79. The summed E-state index contributed by atoms with van der Waals surface area (Å²) < 4.78 is 16.8. The van der Waals surface area contributed by atoms with Gasteiger partial charge in [-0.2, -0.15) is 5.26 Å². The summed E-state index contributed by atoms with van der Waals surface area (Å²) in [6, 6.07) is 12.8. The van der Waals surface area contributed by atoms with Crippen molar-refractivity contribution in [1.82, 2.24) is 4.98 Å². The van der Waals surface area contributed by atoms with E-state index in [9.17, 15) is 10.4 Å². The van der Waals surface area contributed by atoms with Gasteiger partial charge >= 0.3 is 0 Å². The maximum Gasteiger partial charge on any atom is 0.203 e. The van der Waals surface area contributed by atoms with Gasteiger partial charge in [0.05, 0.1) is 31.5 Å². The number of aromatic nitrogens is 1. The van der Waals surface area contributed by atoms with Gasteiger partial charge in [0.1, 0.15) is 22.4 Å². The number of benzene rings is 2. The lowest BCUT2D eigenvalue weighted by molar-refractivity contribution is 0.324. The van der Waals surface area contributed by atoms with Crippen molar-refractivity contribution in [1.29, 1.82) is 5.26 Å². The van der Waals surface area contributed by atoms with E-state index in [2.05, 4.69) is 4.98 Å². The lowest BCUT2D eigenvalue weighted by atomic mass is 10.1. The van der Waals surface area contributed by atoms with Crippen LogP contribution in [0.5, 0.6) is 17.2 Å². The first-order valence-electron chi connectivity index (χ1n) is 7.62. The molecule has 132 valence electrons. The third kappa shape index (κ3) is 3.03. The SMILES string of the molecule is COc1cc(/C(O)=C(\C#N)c2nc3ccccc3s2)cc(OC)c1OC. The Bertz CT molecular complexity index is 975. The number of nitrogens with zero attached hydrogens (tertiary/aromatic N) is 2. The highest BCUT2D eigenvalue weighted by molar-refractivity contribution is 7.19. The molecule has 3 aromatic rings. The molecule has 0 aliphatic carbocycles. The Balaban J connectivity index is 2.18. The fourth-order valence-electron chi connectivity index (χ4n) is 2.54. The minimum absolute atomic E-state index is 0.0838. The molecule has 0 saturated carbocycles. The van der Waals surface area contributed by atoms with Crippen LogP contribution in [0.15, 0.2) is 36.4 Å². The van der Waals surface area contributed by atoms with E-state index in [1.165, 1.54) is 32.7 Å². The summed E-state index contributed by atoms with van der Waals surface area (Å²) in [6.07, 6.45) is 0. The van der Waals surface area contributed by atoms with Gasteiger partial charge in [-0.3, -0.25) is 0 Å². The van der Waals surface area contributed by atoms with Crippen molar-refractivity contribution in [3.05, 3.63) is 47.0 Å². The zero-order valence-corrected chi connectivity index (χ0v) is 15.3. The molecule has 0 aliphatic heterocycles. The average Bonchev–Trinajstić information content (AvgIpc) is 3.10. The summed E-state index contributed by atoms with van der Waals surface area (Å²) in [6.45, 7) is 0. The number of allylic oxidation sites excluding steroid dienone is 1. The van der Waals surface area contributed by atoms with Gasteiger partial charge in [-0.05, 0) is 24.3 Å². The van der Waals surface area contributed by atoms with Crippen LogP contribution in [0, 0.1) is 11.3 Å². The first-order valence-corrected chi connectivity index (χ1v) is 8.44. The lowest BCUT2D eigenvalue weighted by Gasteiger charge is -2.14. The van der Waals surface area contributed by atoms with Crippen molar-refractivity contribution in [2.24, 2.45) is 0 Å². The van der Waals surface area contributed by atoms with E-state index in [0.717, 1.165) is 10.2 Å². The monoisotopic (exact) mass is 368 g/mol. The van der Waals surface area contributed by atoms with Gasteiger partial charge in [0.2, 0.25) is 5.75 Å². The number of thiazole rings is 1. The molecule has 1 heterocycles. The number of nitriles is 1. The summed E-state index contributed by atoms with van der Waals surface area (Å²) in [4.78, 5) is 4.44. The molecule has 0 bridgehead atoms. The van der Waals surface area contributed by atoms with Gasteiger partial charge in [0.15, 0.2) is 11.5 Å². The van der Waals surface area contributed by atoms with Crippen LogP contribution >= 0.6 is 11.3 Å². The molecule has 0 amide bonds. The first-order chi connectivity index (χ1) is 12.6. The quantitative estimate of drug-likeness (QED) is 0.535. The Morgan fingerprint density at radius 3 is 2.27 bits per heavy atom. The first kappa shape index (κ1) is 17.6. The molecule has 3 rings (SSSR count). The molecule has 7 heteroatoms. The highest BCUT2D eigenvalue weighted by atomic mass is 32.1. The van der Waals surface area contributed by atoms with Crippen molar-refractivity contribution in [3.8, 4) is 23.3 Å². The molecule has 1 aromatic heterocycles. The smallest absolute Gasteiger partial charge is 0.203 e. The lowest BCUT2D eigenvalue weighted by Crippen LogP contribution is -1.98. The second-order valence-corrected chi connectivity index (χ2v) is 6.27. The van der Waals surface area contributed by atoms with Gasteiger partial charge in [-0.25, -0.2) is 4.98 Å². The topological polar surface area (TPSA) is 84.6 Å². The van der Waals surface area contributed by atoms with E-state index in [1.807, 2.05) is 30.3 Å². The van der Waals surface area contributed by atoms with Crippen molar-refractivity contribution >= 4 is 32.9 Å². The molecule has 0 saturated heterocycles. The van der Waals surface area contributed by atoms with Gasteiger partial charge in [0, 0.05) is 5.56 Å². The number of methoxy groups -OCH3 is 3. The van der Waals surface area contributed by atoms with E-state index < -0.39 is 0 Å². The molecule has 26 heavy (non-hydrogen) atoms. The highest BCUT2D eigenvalue weighted by Crippen LogP contribution is 2.41. The second kappa shape index (κ2) is 7.33. The minimum atomic E-state index is -0.203. The molecule has 0 aliphatic rings.